The predicted octanol–water partition coefficient (Wildman–Crippen LogP) is 5.80. The Hall–Kier alpha value is -2.68. The van der Waals surface area contributed by atoms with E-state index in [4.69, 9.17) is 9.47 Å². The molecule has 1 aliphatic rings. The molecule has 2 nitrogen and oxygen atoms in total. The van der Waals surface area contributed by atoms with Gasteiger partial charge in [0.15, 0.2) is 0 Å². The molecule has 0 spiro atoms. The fourth-order valence-electron chi connectivity index (χ4n) is 3.78. The molecule has 0 saturated carbocycles. The van der Waals surface area contributed by atoms with Crippen LogP contribution in [0.15, 0.2) is 60.7 Å². The highest BCUT2D eigenvalue weighted by molar-refractivity contribution is 5.97. The van der Waals surface area contributed by atoms with E-state index in [1.807, 2.05) is 0 Å². The first kappa shape index (κ1) is 16.8. The van der Waals surface area contributed by atoms with Gasteiger partial charge in [-0.1, -0.05) is 72.8 Å². The van der Waals surface area contributed by atoms with Crippen LogP contribution in [0.2, 0.25) is 0 Å². The lowest BCUT2D eigenvalue weighted by Crippen LogP contribution is -2.03. The van der Waals surface area contributed by atoms with Gasteiger partial charge in [0.2, 0.25) is 0 Å². The molecule has 1 aliphatic carbocycles. The van der Waals surface area contributed by atoms with Gasteiger partial charge in [-0.25, -0.2) is 0 Å². The Morgan fingerprint density at radius 1 is 0.577 bits per heavy atom. The Labute approximate surface area is 154 Å². The molecule has 3 aromatic carbocycles. The Balaban J connectivity index is 2.14. The largest absolute Gasteiger partial charge is 0.380 e. The van der Waals surface area contributed by atoms with Crippen molar-refractivity contribution in [1.82, 2.24) is 0 Å². The van der Waals surface area contributed by atoms with Crippen LogP contribution in [0.5, 0.6) is 0 Å². The molecule has 0 saturated heterocycles. The average Bonchev–Trinajstić information content (AvgIpc) is 2.67. The fourth-order valence-corrected chi connectivity index (χ4v) is 3.78. The molecule has 130 valence electrons. The molecule has 0 radical (unpaired) electrons. The predicted molar refractivity (Wildman–Crippen MR) is 108 cm³/mol. The van der Waals surface area contributed by atoms with Crippen molar-refractivity contribution in [3.63, 3.8) is 0 Å². The van der Waals surface area contributed by atoms with Crippen LogP contribution in [0.25, 0.3) is 34.4 Å². The van der Waals surface area contributed by atoms with Gasteiger partial charge in [0.25, 0.3) is 0 Å². The number of fused-ring (bicyclic) bond motifs is 5. The van der Waals surface area contributed by atoms with Crippen LogP contribution in [0.1, 0.15) is 22.3 Å². The minimum atomic E-state index is 0.579. The van der Waals surface area contributed by atoms with Gasteiger partial charge in [0, 0.05) is 14.2 Å². The van der Waals surface area contributed by atoms with Crippen molar-refractivity contribution in [3.8, 4) is 22.3 Å². The Kier molecular flexibility index (Phi) is 4.70. The molecule has 0 heterocycles. The molecule has 0 unspecified atom stereocenters. The van der Waals surface area contributed by atoms with Gasteiger partial charge in [0.05, 0.1) is 13.2 Å². The summed E-state index contributed by atoms with van der Waals surface area (Å²) in [6.45, 7) is 1.16. The van der Waals surface area contributed by atoms with Crippen LogP contribution < -0.4 is 0 Å². The maximum absolute atomic E-state index is 5.52. The molecule has 2 heteroatoms. The van der Waals surface area contributed by atoms with Crippen molar-refractivity contribution in [2.75, 3.05) is 14.2 Å². The van der Waals surface area contributed by atoms with Crippen molar-refractivity contribution >= 4 is 12.2 Å². The monoisotopic (exact) mass is 342 g/mol. The highest BCUT2D eigenvalue weighted by Crippen LogP contribution is 2.43. The van der Waals surface area contributed by atoms with E-state index in [1.165, 1.54) is 44.5 Å². The quantitative estimate of drug-likeness (QED) is 0.467. The molecule has 3 aromatic rings. The number of ether oxygens (including phenoxy) is 2. The minimum Gasteiger partial charge on any atom is -0.380 e. The van der Waals surface area contributed by atoms with Crippen LogP contribution >= 0.6 is 0 Å². The molecule has 4 rings (SSSR count). The van der Waals surface area contributed by atoms with E-state index in [9.17, 15) is 0 Å². The molecular weight excluding hydrogens is 320 g/mol. The van der Waals surface area contributed by atoms with E-state index < -0.39 is 0 Å². The van der Waals surface area contributed by atoms with Crippen molar-refractivity contribution < 1.29 is 9.47 Å². The maximum atomic E-state index is 5.52. The summed E-state index contributed by atoms with van der Waals surface area (Å²) in [4.78, 5) is 0. The standard InChI is InChI=1S/C24H22O2/c1-25-15-19-13-14-20(16-26-2)24-22-10-6-4-8-18(22)12-11-17-7-3-5-9-21(17)23(19)24/h3-14H,15-16H2,1-2H3/b12-11-,17-11?,18-12?,23-21?,24-22?. The lowest BCUT2D eigenvalue weighted by Gasteiger charge is -2.23. The molecule has 0 amide bonds. The highest BCUT2D eigenvalue weighted by Gasteiger charge is 2.21. The number of methoxy groups -OCH3 is 2. The van der Waals surface area contributed by atoms with E-state index in [1.54, 1.807) is 14.2 Å². The first-order chi connectivity index (χ1) is 12.8. The number of hydrogen-bond donors (Lipinski definition) is 0. The summed E-state index contributed by atoms with van der Waals surface area (Å²) in [5.41, 5.74) is 9.78. The first-order valence-corrected chi connectivity index (χ1v) is 8.83. The Morgan fingerprint density at radius 2 is 1.00 bits per heavy atom. The molecule has 0 bridgehead atoms. The zero-order chi connectivity index (χ0) is 17.9. The Morgan fingerprint density at radius 3 is 1.42 bits per heavy atom. The van der Waals surface area contributed by atoms with Crippen molar-refractivity contribution in [2.45, 2.75) is 13.2 Å². The summed E-state index contributed by atoms with van der Waals surface area (Å²) >= 11 is 0. The minimum absolute atomic E-state index is 0.579. The van der Waals surface area contributed by atoms with Gasteiger partial charge < -0.3 is 9.47 Å². The van der Waals surface area contributed by atoms with E-state index in [-0.39, 0.29) is 0 Å². The summed E-state index contributed by atoms with van der Waals surface area (Å²) in [6.07, 6.45) is 4.41. The molecule has 0 atom stereocenters. The Bertz CT molecular complexity index is 891. The summed E-state index contributed by atoms with van der Waals surface area (Å²) in [5.74, 6) is 0. The van der Waals surface area contributed by atoms with Crippen LogP contribution in [-0.4, -0.2) is 14.2 Å². The second-order valence-corrected chi connectivity index (χ2v) is 6.51. The second-order valence-electron chi connectivity index (χ2n) is 6.51. The van der Waals surface area contributed by atoms with Crippen molar-refractivity contribution in [2.24, 2.45) is 0 Å². The molecule has 0 N–H and O–H groups in total. The fraction of sp³-hybridized carbons (Fsp3) is 0.167. The summed E-state index contributed by atoms with van der Waals surface area (Å²) < 4.78 is 11.0. The third-order valence-corrected chi connectivity index (χ3v) is 4.88. The van der Waals surface area contributed by atoms with Gasteiger partial charge in [-0.3, -0.25) is 0 Å². The smallest absolute Gasteiger partial charge is 0.0719 e. The van der Waals surface area contributed by atoms with Gasteiger partial charge in [-0.2, -0.15) is 0 Å². The van der Waals surface area contributed by atoms with Gasteiger partial charge >= 0.3 is 0 Å². The molecule has 0 fully saturated rings. The van der Waals surface area contributed by atoms with Crippen LogP contribution in [-0.2, 0) is 22.7 Å². The average molecular weight is 342 g/mol. The maximum Gasteiger partial charge on any atom is 0.0719 e. The lowest BCUT2D eigenvalue weighted by atomic mass is 9.82. The van der Waals surface area contributed by atoms with Crippen LogP contribution in [0.4, 0.5) is 0 Å². The van der Waals surface area contributed by atoms with E-state index in [0.29, 0.717) is 13.2 Å². The molecular formula is C24H22O2. The molecule has 26 heavy (non-hydrogen) atoms. The number of benzene rings is 3. The summed E-state index contributed by atoms with van der Waals surface area (Å²) in [6, 6.07) is 21.4. The van der Waals surface area contributed by atoms with Gasteiger partial charge in [-0.15, -0.1) is 0 Å². The zero-order valence-corrected chi connectivity index (χ0v) is 15.2. The van der Waals surface area contributed by atoms with Crippen LogP contribution in [0.3, 0.4) is 0 Å². The second kappa shape index (κ2) is 7.28. The highest BCUT2D eigenvalue weighted by atomic mass is 16.5. The summed E-state index contributed by atoms with van der Waals surface area (Å²) in [7, 11) is 3.50. The van der Waals surface area contributed by atoms with Gasteiger partial charge in [0.1, 0.15) is 0 Å². The van der Waals surface area contributed by atoms with Gasteiger partial charge in [-0.05, 0) is 44.5 Å². The van der Waals surface area contributed by atoms with E-state index in [2.05, 4.69) is 72.8 Å². The molecule has 0 aromatic heterocycles. The SMILES string of the molecule is COCc1ccc(COC)c2c1-c1ccccc1/C=C\c1ccccc1-2. The van der Waals surface area contributed by atoms with Crippen molar-refractivity contribution in [3.05, 3.63) is 82.9 Å². The lowest BCUT2D eigenvalue weighted by molar-refractivity contribution is 0.183. The number of hydrogen-bond acceptors (Lipinski definition) is 2. The topological polar surface area (TPSA) is 18.5 Å². The zero-order valence-electron chi connectivity index (χ0n) is 15.2. The van der Waals surface area contributed by atoms with E-state index >= 15 is 0 Å². The summed E-state index contributed by atoms with van der Waals surface area (Å²) in [5, 5.41) is 0. The van der Waals surface area contributed by atoms with E-state index in [0.717, 1.165) is 0 Å². The third kappa shape index (κ3) is 2.88. The number of rotatable bonds is 4. The third-order valence-electron chi connectivity index (χ3n) is 4.88. The van der Waals surface area contributed by atoms with Crippen LogP contribution in [0, 0.1) is 0 Å². The first-order valence-electron chi connectivity index (χ1n) is 8.83. The van der Waals surface area contributed by atoms with Crippen molar-refractivity contribution in [1.29, 1.82) is 0 Å². The normalized spacial score (nSPS) is 13.2. The molecule has 0 aliphatic heterocycles.